The van der Waals surface area contributed by atoms with Crippen LogP contribution in [0.3, 0.4) is 0 Å². The Morgan fingerprint density at radius 3 is 2.96 bits per heavy atom. The van der Waals surface area contributed by atoms with Gasteiger partial charge in [0, 0.05) is 36.4 Å². The molecule has 2 aromatic heterocycles. The van der Waals surface area contributed by atoms with Crippen LogP contribution >= 0.6 is 11.6 Å². The van der Waals surface area contributed by atoms with E-state index >= 15 is 0 Å². The zero-order valence-electron chi connectivity index (χ0n) is 15.2. The quantitative estimate of drug-likeness (QED) is 0.879. The van der Waals surface area contributed by atoms with Crippen molar-refractivity contribution in [2.75, 3.05) is 6.54 Å². The van der Waals surface area contributed by atoms with Gasteiger partial charge in [0.05, 0.1) is 16.7 Å². The maximum atomic E-state index is 13.3. The number of halogens is 1. The Hall–Kier alpha value is -2.59. The maximum Gasteiger partial charge on any atom is 0.257 e. The number of amides is 2. The first-order valence-corrected chi connectivity index (χ1v) is 9.47. The van der Waals surface area contributed by atoms with Gasteiger partial charge in [0.25, 0.3) is 5.91 Å². The van der Waals surface area contributed by atoms with E-state index in [1.807, 2.05) is 13.8 Å². The monoisotopic (exact) mass is 385 g/mol. The molecule has 140 valence electrons. The number of aromatic nitrogens is 2. The topological polar surface area (TPSA) is 93.1 Å². The van der Waals surface area contributed by atoms with Crippen molar-refractivity contribution in [2.45, 2.75) is 45.3 Å². The van der Waals surface area contributed by atoms with Gasteiger partial charge in [0.2, 0.25) is 5.91 Å². The minimum atomic E-state index is -0.645. The lowest BCUT2D eigenvalue weighted by atomic mass is 9.95. The lowest BCUT2D eigenvalue weighted by Gasteiger charge is -2.38. The van der Waals surface area contributed by atoms with Crippen LogP contribution < -0.4 is 0 Å². The second-order valence-corrected chi connectivity index (χ2v) is 7.86. The lowest BCUT2D eigenvalue weighted by Crippen LogP contribution is -2.54. The summed E-state index contributed by atoms with van der Waals surface area (Å²) in [5.41, 5.74) is 1.90. The lowest BCUT2D eigenvalue weighted by molar-refractivity contribution is -0.138. The number of nitrogens with one attached hydrogen (secondary N) is 1. The van der Waals surface area contributed by atoms with Gasteiger partial charge in [-0.2, -0.15) is 5.26 Å². The van der Waals surface area contributed by atoms with E-state index in [9.17, 15) is 14.9 Å². The zero-order chi connectivity index (χ0) is 19.3. The van der Waals surface area contributed by atoms with Crippen molar-refractivity contribution in [3.8, 4) is 6.07 Å². The van der Waals surface area contributed by atoms with E-state index in [0.29, 0.717) is 29.2 Å². The summed E-state index contributed by atoms with van der Waals surface area (Å²) >= 11 is 6.36. The average Bonchev–Trinajstić information content (AvgIpc) is 3.28. The Morgan fingerprint density at radius 1 is 1.48 bits per heavy atom. The number of nitrogens with zero attached hydrogens (tertiary/aromatic N) is 4. The number of hydrogen-bond acceptors (Lipinski definition) is 4. The highest BCUT2D eigenvalue weighted by atomic mass is 35.5. The van der Waals surface area contributed by atoms with E-state index in [2.05, 4.69) is 16.0 Å². The second kappa shape index (κ2) is 6.54. The molecule has 27 heavy (non-hydrogen) atoms. The van der Waals surface area contributed by atoms with Crippen LogP contribution in [0.15, 0.2) is 12.4 Å². The molecular weight excluding hydrogens is 366 g/mol. The summed E-state index contributed by atoms with van der Waals surface area (Å²) in [5.74, 6) is -0.474. The van der Waals surface area contributed by atoms with Crippen LogP contribution in [0.5, 0.6) is 0 Å². The van der Waals surface area contributed by atoms with Gasteiger partial charge in [-0.05, 0) is 18.8 Å². The molecule has 2 amide bonds. The predicted molar refractivity (Wildman–Crippen MR) is 100.0 cm³/mol. The van der Waals surface area contributed by atoms with Crippen molar-refractivity contribution in [3.63, 3.8) is 0 Å². The fraction of sp³-hybridized carbons (Fsp3) is 0.474. The number of carbonyl (C=O) groups is 2. The van der Waals surface area contributed by atoms with Crippen molar-refractivity contribution in [1.82, 2.24) is 19.8 Å². The largest absolute Gasteiger partial charge is 0.345 e. The first kappa shape index (κ1) is 17.8. The van der Waals surface area contributed by atoms with Crippen LogP contribution in [0.25, 0.3) is 11.0 Å². The van der Waals surface area contributed by atoms with Crippen molar-refractivity contribution in [1.29, 1.82) is 5.26 Å². The van der Waals surface area contributed by atoms with Gasteiger partial charge in [-0.3, -0.25) is 9.59 Å². The van der Waals surface area contributed by atoms with E-state index in [4.69, 9.17) is 11.6 Å². The predicted octanol–water partition coefficient (Wildman–Crippen LogP) is 2.71. The third-order valence-electron chi connectivity index (χ3n) is 5.48. The smallest absolute Gasteiger partial charge is 0.257 e. The average molecular weight is 386 g/mol. The van der Waals surface area contributed by atoms with Gasteiger partial charge in [-0.15, -0.1) is 0 Å². The molecule has 1 N–H and O–H groups in total. The molecule has 2 aliphatic rings. The fourth-order valence-electron chi connectivity index (χ4n) is 4.20. The highest BCUT2D eigenvalue weighted by Gasteiger charge is 2.42. The number of nitriles is 1. The van der Waals surface area contributed by atoms with Crippen molar-refractivity contribution >= 4 is 34.4 Å². The van der Waals surface area contributed by atoms with Gasteiger partial charge in [0.1, 0.15) is 17.7 Å². The molecule has 0 radical (unpaired) electrons. The van der Waals surface area contributed by atoms with Gasteiger partial charge >= 0.3 is 0 Å². The van der Waals surface area contributed by atoms with E-state index in [-0.39, 0.29) is 24.3 Å². The summed E-state index contributed by atoms with van der Waals surface area (Å²) in [6, 6.07) is 1.14. The van der Waals surface area contributed by atoms with Gasteiger partial charge in [0.15, 0.2) is 0 Å². The summed E-state index contributed by atoms with van der Waals surface area (Å²) in [4.78, 5) is 37.0. The van der Waals surface area contributed by atoms with Gasteiger partial charge in [-0.1, -0.05) is 25.4 Å². The van der Waals surface area contributed by atoms with Gasteiger partial charge in [-0.25, -0.2) is 4.98 Å². The number of rotatable bonds is 3. The number of aromatic amines is 1. The van der Waals surface area contributed by atoms with E-state index < -0.39 is 12.1 Å². The highest BCUT2D eigenvalue weighted by Crippen LogP contribution is 2.35. The SMILES string of the molecule is CC(C)C(C(=O)N1CCCC1C#N)N1Cc2c(Cl)cnc3[nH]cc(c23)C1=O. The molecule has 2 unspecified atom stereocenters. The molecule has 2 aromatic rings. The molecule has 4 heterocycles. The maximum absolute atomic E-state index is 13.3. The van der Waals surface area contributed by atoms with E-state index in [1.165, 1.54) is 0 Å². The number of likely N-dealkylation sites (tertiary alicyclic amines) is 1. The molecule has 7 nitrogen and oxygen atoms in total. The van der Waals surface area contributed by atoms with E-state index in [0.717, 1.165) is 17.4 Å². The molecule has 0 spiro atoms. The molecule has 1 fully saturated rings. The summed E-state index contributed by atoms with van der Waals surface area (Å²) in [7, 11) is 0. The molecule has 1 saturated heterocycles. The molecule has 2 atom stereocenters. The molecule has 4 rings (SSSR count). The van der Waals surface area contributed by atoms with Crippen molar-refractivity contribution in [2.24, 2.45) is 5.92 Å². The van der Waals surface area contributed by atoms with Crippen LogP contribution in [-0.2, 0) is 11.3 Å². The van der Waals surface area contributed by atoms with E-state index in [1.54, 1.807) is 22.2 Å². The first-order chi connectivity index (χ1) is 12.9. The number of H-pyrrole nitrogens is 1. The Labute approximate surface area is 161 Å². The van der Waals surface area contributed by atoms with Crippen molar-refractivity contribution in [3.05, 3.63) is 28.5 Å². The van der Waals surface area contributed by atoms with Crippen LogP contribution in [0, 0.1) is 17.2 Å². The number of pyridine rings is 1. The Balaban J connectivity index is 1.74. The number of carbonyl (C=O) groups excluding carboxylic acids is 2. The number of hydrogen-bond donors (Lipinski definition) is 1. The fourth-order valence-corrected chi connectivity index (χ4v) is 4.40. The molecule has 2 aliphatic heterocycles. The molecule has 0 saturated carbocycles. The summed E-state index contributed by atoms with van der Waals surface area (Å²) in [6.45, 7) is 4.65. The molecule has 0 aliphatic carbocycles. The van der Waals surface area contributed by atoms with Gasteiger partial charge < -0.3 is 14.8 Å². The second-order valence-electron chi connectivity index (χ2n) is 7.45. The standard InChI is InChI=1S/C19H20ClN5O2/c1-10(2)16(19(27)24-5-3-4-11(24)6-21)25-9-13-14(20)8-23-17-15(13)12(7-22-17)18(25)26/h7-8,10-11,16H,3-5,9H2,1-2H3,(H,22,23). The Morgan fingerprint density at radius 2 is 2.26 bits per heavy atom. The minimum absolute atomic E-state index is 0.0991. The molecule has 8 heteroatoms. The first-order valence-electron chi connectivity index (χ1n) is 9.09. The Bertz CT molecular complexity index is 976. The molecule has 0 bridgehead atoms. The zero-order valence-corrected chi connectivity index (χ0v) is 16.0. The van der Waals surface area contributed by atoms with Crippen LogP contribution in [-0.4, -0.2) is 50.2 Å². The molecule has 0 aromatic carbocycles. The Kier molecular flexibility index (Phi) is 4.31. The normalized spacial score (nSPS) is 20.4. The molecular formula is C19H20ClN5O2. The summed E-state index contributed by atoms with van der Waals surface area (Å²) in [6.07, 6.45) is 4.68. The highest BCUT2D eigenvalue weighted by molar-refractivity contribution is 6.32. The van der Waals surface area contributed by atoms with Crippen LogP contribution in [0.1, 0.15) is 42.6 Å². The van der Waals surface area contributed by atoms with Crippen molar-refractivity contribution < 1.29 is 9.59 Å². The van der Waals surface area contributed by atoms with Crippen LogP contribution in [0.2, 0.25) is 5.02 Å². The summed E-state index contributed by atoms with van der Waals surface area (Å²) in [5, 5.41) is 10.6. The summed E-state index contributed by atoms with van der Waals surface area (Å²) < 4.78 is 0. The minimum Gasteiger partial charge on any atom is -0.345 e. The third kappa shape index (κ3) is 2.67. The van der Waals surface area contributed by atoms with Crippen LogP contribution in [0.4, 0.5) is 0 Å². The third-order valence-corrected chi connectivity index (χ3v) is 5.81.